The third-order valence-corrected chi connectivity index (χ3v) is 9.13. The number of rotatable bonds is 6. The van der Waals surface area contributed by atoms with Crippen molar-refractivity contribution in [2.24, 2.45) is 0 Å². The fourth-order valence-electron chi connectivity index (χ4n) is 3.98. The number of sulfone groups is 1. The van der Waals surface area contributed by atoms with Gasteiger partial charge >= 0.3 is 5.51 Å². The molecule has 0 amide bonds. The second-order valence-corrected chi connectivity index (χ2v) is 12.3. The summed E-state index contributed by atoms with van der Waals surface area (Å²) in [4.78, 5) is 7.81. The van der Waals surface area contributed by atoms with E-state index in [1.165, 1.54) is 25.3 Å². The quantitative estimate of drug-likeness (QED) is 0.313. The van der Waals surface area contributed by atoms with Gasteiger partial charge in [-0.15, -0.1) is 0 Å². The molecule has 0 aliphatic heterocycles. The Morgan fingerprint density at radius 2 is 1.81 bits per heavy atom. The van der Waals surface area contributed by atoms with E-state index in [0.717, 1.165) is 30.5 Å². The molecule has 2 aromatic carbocycles. The molecule has 0 N–H and O–H groups in total. The minimum absolute atomic E-state index is 0.0158. The maximum absolute atomic E-state index is 13.0. The molecule has 1 unspecified atom stereocenters. The number of pyridine rings is 1. The van der Waals surface area contributed by atoms with Crippen LogP contribution >= 0.6 is 0 Å². The van der Waals surface area contributed by atoms with Gasteiger partial charge in [-0.1, -0.05) is 31.2 Å². The van der Waals surface area contributed by atoms with Crippen LogP contribution in [0.5, 0.6) is 0 Å². The second kappa shape index (κ2) is 8.78. The van der Waals surface area contributed by atoms with E-state index >= 15 is 0 Å². The largest absolute Gasteiger partial charge is 0.475 e. The van der Waals surface area contributed by atoms with Gasteiger partial charge in [-0.2, -0.15) is 18.4 Å². The molecule has 1 atom stereocenters. The van der Waals surface area contributed by atoms with E-state index in [4.69, 9.17) is 4.42 Å². The predicted molar refractivity (Wildman–Crippen MR) is 129 cm³/mol. The van der Waals surface area contributed by atoms with Gasteiger partial charge in [-0.3, -0.25) is 0 Å². The van der Waals surface area contributed by atoms with Gasteiger partial charge in [0.1, 0.15) is 11.2 Å². The zero-order valence-corrected chi connectivity index (χ0v) is 20.9. The highest BCUT2D eigenvalue weighted by molar-refractivity contribution is 7.91. The van der Waals surface area contributed by atoms with Crippen LogP contribution in [0.2, 0.25) is 0 Å². The molecule has 2 heterocycles. The number of hydrogen-bond donors (Lipinski definition) is 0. The van der Waals surface area contributed by atoms with Gasteiger partial charge in [-0.05, 0) is 48.2 Å². The highest BCUT2D eigenvalue weighted by atomic mass is 32.2. The van der Waals surface area contributed by atoms with Crippen molar-refractivity contribution in [2.45, 2.75) is 40.5 Å². The zero-order chi connectivity index (χ0) is 26.6. The minimum atomic E-state index is -4.94. The third-order valence-electron chi connectivity index (χ3n) is 6.29. The highest BCUT2D eigenvalue weighted by Gasteiger charge is 2.44. The SMILES string of the molecule is CCS(=O)(=O)c1cc(-c2ccc(C3(C#N)CC3)cc2)cnc1-c1nc2cc(S(=O)C(F)(F)F)ccc2o1. The molecule has 5 rings (SSSR count). The number of aromatic nitrogens is 2. The fourth-order valence-corrected chi connectivity index (χ4v) is 5.71. The first-order valence-corrected chi connectivity index (χ1v) is 13.9. The van der Waals surface area contributed by atoms with Crippen LogP contribution in [-0.4, -0.2) is 33.9 Å². The van der Waals surface area contributed by atoms with Crippen molar-refractivity contribution in [2.75, 3.05) is 5.75 Å². The Balaban J connectivity index is 1.57. The van der Waals surface area contributed by atoms with Gasteiger partial charge in [0.15, 0.2) is 26.2 Å². The molecule has 4 aromatic rings. The maximum Gasteiger partial charge on any atom is 0.475 e. The molecule has 37 heavy (non-hydrogen) atoms. The number of nitriles is 1. The van der Waals surface area contributed by atoms with E-state index in [-0.39, 0.29) is 33.3 Å². The zero-order valence-electron chi connectivity index (χ0n) is 19.2. The smallest absolute Gasteiger partial charge is 0.435 e. The molecular weight excluding hydrogens is 527 g/mol. The van der Waals surface area contributed by atoms with Gasteiger partial charge < -0.3 is 4.42 Å². The summed E-state index contributed by atoms with van der Waals surface area (Å²) < 4.78 is 81.9. The monoisotopic (exact) mass is 545 g/mol. The van der Waals surface area contributed by atoms with Crippen LogP contribution in [0.1, 0.15) is 25.3 Å². The van der Waals surface area contributed by atoms with Crippen molar-refractivity contribution in [3.63, 3.8) is 0 Å². The average molecular weight is 546 g/mol. The van der Waals surface area contributed by atoms with Crippen LogP contribution in [0.25, 0.3) is 33.8 Å². The Morgan fingerprint density at radius 3 is 2.41 bits per heavy atom. The van der Waals surface area contributed by atoms with Gasteiger partial charge in [0.05, 0.1) is 27.0 Å². The van der Waals surface area contributed by atoms with Crippen molar-refractivity contribution in [3.8, 4) is 28.8 Å². The van der Waals surface area contributed by atoms with Crippen LogP contribution in [0.15, 0.2) is 68.9 Å². The first-order valence-electron chi connectivity index (χ1n) is 11.1. The molecule has 0 bridgehead atoms. The van der Waals surface area contributed by atoms with Gasteiger partial charge in [0.2, 0.25) is 5.89 Å². The van der Waals surface area contributed by atoms with E-state index in [9.17, 15) is 31.1 Å². The van der Waals surface area contributed by atoms with Crippen molar-refractivity contribution in [1.82, 2.24) is 9.97 Å². The molecule has 7 nitrogen and oxygen atoms in total. The molecule has 0 spiro atoms. The van der Waals surface area contributed by atoms with Crippen LogP contribution in [0.3, 0.4) is 0 Å². The van der Waals surface area contributed by atoms with Gasteiger partial charge in [0, 0.05) is 11.8 Å². The lowest BCUT2D eigenvalue weighted by atomic mass is 9.95. The van der Waals surface area contributed by atoms with Crippen molar-refractivity contribution in [1.29, 1.82) is 5.26 Å². The van der Waals surface area contributed by atoms with Gasteiger partial charge in [-0.25, -0.2) is 22.6 Å². The van der Waals surface area contributed by atoms with Crippen molar-refractivity contribution in [3.05, 3.63) is 60.3 Å². The first kappa shape index (κ1) is 25.1. The van der Waals surface area contributed by atoms with Crippen molar-refractivity contribution >= 4 is 31.7 Å². The number of alkyl halides is 3. The topological polar surface area (TPSA) is 114 Å². The molecule has 12 heteroatoms. The minimum Gasteiger partial charge on any atom is -0.435 e. The van der Waals surface area contributed by atoms with E-state index in [1.807, 2.05) is 12.1 Å². The normalized spacial score (nSPS) is 15.9. The van der Waals surface area contributed by atoms with Crippen LogP contribution < -0.4 is 0 Å². The van der Waals surface area contributed by atoms with E-state index < -0.39 is 36.5 Å². The van der Waals surface area contributed by atoms with Crippen LogP contribution in [0, 0.1) is 11.3 Å². The van der Waals surface area contributed by atoms with Crippen LogP contribution in [-0.2, 0) is 26.1 Å². The number of halogens is 3. The van der Waals surface area contributed by atoms with E-state index in [2.05, 4.69) is 16.0 Å². The molecule has 190 valence electrons. The lowest BCUT2D eigenvalue weighted by Gasteiger charge is -2.11. The number of oxazole rings is 1. The van der Waals surface area contributed by atoms with Crippen LogP contribution in [0.4, 0.5) is 13.2 Å². The maximum atomic E-state index is 13.0. The molecule has 1 aliphatic rings. The lowest BCUT2D eigenvalue weighted by Crippen LogP contribution is -2.16. The summed E-state index contributed by atoms with van der Waals surface area (Å²) in [5.41, 5.74) is -3.28. The summed E-state index contributed by atoms with van der Waals surface area (Å²) >= 11 is 0. The standard InChI is InChI=1S/C25H18F3N3O4S2/c1-2-37(33,34)21-11-16(15-3-5-17(6-4-15)24(14-29)9-10-24)13-30-22(21)23-31-19-12-18(7-8-20(19)35-23)36(32)25(26,27)28/h3-8,11-13H,2,9-10H2,1H3. The molecular formula is C25H18F3N3O4S2. The predicted octanol–water partition coefficient (Wildman–Crippen LogP) is 5.53. The lowest BCUT2D eigenvalue weighted by molar-refractivity contribution is -0.0384. The van der Waals surface area contributed by atoms with Gasteiger partial charge in [0.25, 0.3) is 0 Å². The Kier molecular flexibility index (Phi) is 5.96. The molecule has 1 fully saturated rings. The number of nitrogens with zero attached hydrogens (tertiary/aromatic N) is 3. The summed E-state index contributed by atoms with van der Waals surface area (Å²) in [5, 5.41) is 9.41. The molecule has 1 aliphatic carbocycles. The fraction of sp³-hybridized carbons (Fsp3) is 0.240. The Labute approximate surface area is 212 Å². The summed E-state index contributed by atoms with van der Waals surface area (Å²) in [6.07, 6.45) is 3.06. The summed E-state index contributed by atoms with van der Waals surface area (Å²) in [6.45, 7) is 1.47. The Hall–Kier alpha value is -3.56. The summed E-state index contributed by atoms with van der Waals surface area (Å²) in [6, 6.07) is 14.3. The third kappa shape index (κ3) is 4.53. The number of hydrogen-bond acceptors (Lipinski definition) is 7. The Bertz CT molecular complexity index is 1700. The van der Waals surface area contributed by atoms with E-state index in [1.54, 1.807) is 12.1 Å². The summed E-state index contributed by atoms with van der Waals surface area (Å²) in [7, 11) is -7.07. The average Bonchev–Trinajstić information content (AvgIpc) is 3.58. The first-order chi connectivity index (χ1) is 17.5. The van der Waals surface area contributed by atoms with E-state index in [0.29, 0.717) is 11.1 Å². The highest BCUT2D eigenvalue weighted by Crippen LogP contribution is 2.47. The second-order valence-electron chi connectivity index (χ2n) is 8.61. The number of benzene rings is 2. The molecule has 2 aromatic heterocycles. The van der Waals surface area contributed by atoms with Crippen molar-refractivity contribution < 1.29 is 30.2 Å². The number of fused-ring (bicyclic) bond motifs is 1. The summed E-state index contributed by atoms with van der Waals surface area (Å²) in [5.74, 6) is -0.424. The molecule has 0 radical (unpaired) electrons. The molecule has 1 saturated carbocycles. The molecule has 0 saturated heterocycles. The Morgan fingerprint density at radius 1 is 1.11 bits per heavy atom.